The van der Waals surface area contributed by atoms with Crippen LogP contribution in [0.1, 0.15) is 24.3 Å². The largest absolute Gasteiger partial charge is 0.445 e. The fourth-order valence-electron chi connectivity index (χ4n) is 2.95. The van der Waals surface area contributed by atoms with Gasteiger partial charge in [-0.1, -0.05) is 24.4 Å². The summed E-state index contributed by atoms with van der Waals surface area (Å²) >= 11 is 2.63. The second-order valence-corrected chi connectivity index (χ2v) is 8.34. The number of aliphatic hydroxyl groups is 1. The maximum absolute atomic E-state index is 12.3. The second-order valence-electron chi connectivity index (χ2n) is 5.77. The summed E-state index contributed by atoms with van der Waals surface area (Å²) in [5.41, 5.74) is 0. The van der Waals surface area contributed by atoms with Gasteiger partial charge < -0.3 is 14.7 Å². The summed E-state index contributed by atoms with van der Waals surface area (Å²) in [4.78, 5) is 31.0. The van der Waals surface area contributed by atoms with Crippen LogP contribution in [-0.2, 0) is 9.53 Å². The molecule has 1 aliphatic heterocycles. The lowest BCUT2D eigenvalue weighted by Crippen LogP contribution is -2.39. The molecule has 1 aliphatic rings. The number of likely N-dealkylation sites (tertiary alicyclic amines) is 1. The van der Waals surface area contributed by atoms with Crippen molar-refractivity contribution in [2.75, 3.05) is 13.2 Å². The van der Waals surface area contributed by atoms with Gasteiger partial charge in [-0.05, 0) is 6.42 Å². The summed E-state index contributed by atoms with van der Waals surface area (Å²) in [7, 11) is 0. The number of carbonyl (C=O) groups excluding carboxylic acids is 2. The molecule has 3 rings (SSSR count). The number of carbonyl (C=O) groups is 2. The summed E-state index contributed by atoms with van der Waals surface area (Å²) < 4.78 is 6.97. The number of hydrogen-bond acceptors (Lipinski definition) is 7. The van der Waals surface area contributed by atoms with Gasteiger partial charge in [-0.3, -0.25) is 9.20 Å². The maximum Gasteiger partial charge on any atom is 0.410 e. The first-order chi connectivity index (χ1) is 12.0. The summed E-state index contributed by atoms with van der Waals surface area (Å²) in [5, 5.41) is 10.8. The fraction of sp³-hybridized carbons (Fsp3) is 0.438. The lowest BCUT2D eigenvalue weighted by molar-refractivity contribution is -0.109. The van der Waals surface area contributed by atoms with Crippen LogP contribution in [0.4, 0.5) is 4.79 Å². The van der Waals surface area contributed by atoms with E-state index in [-0.39, 0.29) is 17.0 Å². The number of thioether (sulfide) groups is 1. The van der Waals surface area contributed by atoms with Crippen molar-refractivity contribution in [3.05, 3.63) is 36.3 Å². The number of nitrogens with zero attached hydrogens (tertiary/aromatic N) is 3. The van der Waals surface area contributed by atoms with E-state index in [4.69, 9.17) is 4.74 Å². The molecule has 0 aromatic carbocycles. The highest BCUT2D eigenvalue weighted by molar-refractivity contribution is 8.14. The minimum atomic E-state index is -0.848. The van der Waals surface area contributed by atoms with Crippen molar-refractivity contribution in [3.8, 4) is 0 Å². The van der Waals surface area contributed by atoms with Crippen LogP contribution in [0, 0.1) is 0 Å². The molecule has 1 fully saturated rings. The number of thiazole rings is 1. The van der Waals surface area contributed by atoms with Crippen LogP contribution in [0.15, 0.2) is 31.4 Å². The number of rotatable bonds is 5. The molecule has 3 heterocycles. The van der Waals surface area contributed by atoms with Gasteiger partial charge in [0.05, 0.1) is 23.4 Å². The molecule has 1 N–H and O–H groups in total. The molecule has 0 bridgehead atoms. The van der Waals surface area contributed by atoms with Crippen molar-refractivity contribution in [1.29, 1.82) is 0 Å². The Bertz CT molecular complexity index is 759. The average molecular weight is 381 g/mol. The zero-order valence-electron chi connectivity index (χ0n) is 13.7. The summed E-state index contributed by atoms with van der Waals surface area (Å²) in [6.45, 7) is 5.51. The lowest BCUT2D eigenvalue weighted by Gasteiger charge is -2.27. The Morgan fingerprint density at radius 3 is 3.12 bits per heavy atom. The first-order valence-corrected chi connectivity index (χ1v) is 9.50. The lowest BCUT2D eigenvalue weighted by atomic mass is 10.1. The number of aliphatic hydroxyl groups excluding tert-OH is 1. The van der Waals surface area contributed by atoms with E-state index in [1.54, 1.807) is 12.5 Å². The van der Waals surface area contributed by atoms with Crippen molar-refractivity contribution in [1.82, 2.24) is 14.3 Å². The van der Waals surface area contributed by atoms with Crippen LogP contribution < -0.4 is 0 Å². The Hall–Kier alpha value is -1.84. The van der Waals surface area contributed by atoms with E-state index in [0.717, 1.165) is 9.71 Å². The predicted molar refractivity (Wildman–Crippen MR) is 96.7 cm³/mol. The van der Waals surface area contributed by atoms with Crippen molar-refractivity contribution in [3.63, 3.8) is 0 Å². The molecule has 0 saturated carbocycles. The molecule has 134 valence electrons. The molecule has 3 atom stereocenters. The molecule has 2 aromatic heterocycles. The van der Waals surface area contributed by atoms with Crippen LogP contribution in [0.2, 0.25) is 0 Å². The van der Waals surface area contributed by atoms with Crippen LogP contribution in [0.25, 0.3) is 4.83 Å². The zero-order valence-corrected chi connectivity index (χ0v) is 15.3. The summed E-state index contributed by atoms with van der Waals surface area (Å²) in [5.74, 6) is 0. The fourth-order valence-corrected chi connectivity index (χ4v) is 4.95. The molecule has 1 saturated heterocycles. The molecular formula is C16H19N3O4S2. The van der Waals surface area contributed by atoms with Gasteiger partial charge in [0.15, 0.2) is 5.12 Å². The smallest absolute Gasteiger partial charge is 0.410 e. The van der Waals surface area contributed by atoms with Crippen LogP contribution >= 0.6 is 23.1 Å². The molecule has 0 radical (unpaired) electrons. The average Bonchev–Trinajstić information content (AvgIpc) is 3.25. The predicted octanol–water partition coefficient (Wildman–Crippen LogP) is 2.47. The van der Waals surface area contributed by atoms with Gasteiger partial charge in [0.1, 0.15) is 17.5 Å². The molecular weight excluding hydrogens is 362 g/mol. The topological polar surface area (TPSA) is 84.1 Å². The minimum absolute atomic E-state index is 0.00369. The van der Waals surface area contributed by atoms with Crippen molar-refractivity contribution < 1.29 is 19.4 Å². The number of imidazole rings is 1. The molecule has 0 aliphatic carbocycles. The maximum atomic E-state index is 12.3. The van der Waals surface area contributed by atoms with Crippen LogP contribution in [0.3, 0.4) is 0 Å². The van der Waals surface area contributed by atoms with E-state index in [1.807, 2.05) is 10.6 Å². The zero-order chi connectivity index (χ0) is 18.0. The minimum Gasteiger partial charge on any atom is -0.445 e. The van der Waals surface area contributed by atoms with E-state index in [2.05, 4.69) is 11.6 Å². The highest BCUT2D eigenvalue weighted by Gasteiger charge is 2.41. The molecule has 25 heavy (non-hydrogen) atoms. The quantitative estimate of drug-likeness (QED) is 0.801. The van der Waals surface area contributed by atoms with Crippen molar-refractivity contribution in [2.24, 2.45) is 0 Å². The third-order valence-electron chi connectivity index (χ3n) is 3.97. The van der Waals surface area contributed by atoms with E-state index < -0.39 is 18.2 Å². The van der Waals surface area contributed by atoms with Crippen LogP contribution in [0.5, 0.6) is 0 Å². The van der Waals surface area contributed by atoms with Gasteiger partial charge in [0.25, 0.3) is 0 Å². The van der Waals surface area contributed by atoms with Gasteiger partial charge in [-0.15, -0.1) is 11.3 Å². The monoisotopic (exact) mass is 381 g/mol. The SMILES string of the molecule is C=CCOC(=O)N1C[C@@H](SC(C)=O)C[C@H]1C(O)c1cn2cncc2s1. The molecule has 7 nitrogen and oxygen atoms in total. The normalized spacial score (nSPS) is 21.4. The Labute approximate surface area is 153 Å². The highest BCUT2D eigenvalue weighted by Crippen LogP contribution is 2.37. The summed E-state index contributed by atoms with van der Waals surface area (Å²) in [6.07, 6.45) is 5.88. The van der Waals surface area contributed by atoms with Gasteiger partial charge >= 0.3 is 6.09 Å². The summed E-state index contributed by atoms with van der Waals surface area (Å²) in [6, 6.07) is -0.439. The third kappa shape index (κ3) is 3.88. The molecule has 2 aromatic rings. The Balaban J connectivity index is 1.80. The highest BCUT2D eigenvalue weighted by atomic mass is 32.2. The number of amides is 1. The first-order valence-electron chi connectivity index (χ1n) is 7.80. The van der Waals surface area contributed by atoms with Gasteiger partial charge in [0.2, 0.25) is 0 Å². The van der Waals surface area contributed by atoms with Gasteiger partial charge in [0, 0.05) is 24.9 Å². The molecule has 0 spiro atoms. The van der Waals surface area contributed by atoms with E-state index in [0.29, 0.717) is 13.0 Å². The van der Waals surface area contributed by atoms with E-state index >= 15 is 0 Å². The van der Waals surface area contributed by atoms with E-state index in [1.165, 1.54) is 41.0 Å². The third-order valence-corrected chi connectivity index (χ3v) is 6.09. The first kappa shape index (κ1) is 18.0. The van der Waals surface area contributed by atoms with E-state index in [9.17, 15) is 14.7 Å². The second kappa shape index (κ2) is 7.59. The standard InChI is InChI=1S/C16H19N3O4S2/c1-3-4-23-16(22)19-7-11(24-10(2)20)5-12(19)15(21)13-8-18-9-17-6-14(18)25-13/h3,6,8-9,11-12,15,21H,1,4-5,7H2,2H3/t11-,12-,15?/m0/s1. The van der Waals surface area contributed by atoms with Gasteiger partial charge in [-0.2, -0.15) is 0 Å². The number of hydrogen-bond donors (Lipinski definition) is 1. The molecule has 1 amide bonds. The molecule has 9 heteroatoms. The number of fused-ring (bicyclic) bond motifs is 1. The van der Waals surface area contributed by atoms with Crippen molar-refractivity contribution in [2.45, 2.75) is 30.7 Å². The van der Waals surface area contributed by atoms with Crippen molar-refractivity contribution >= 4 is 39.1 Å². The molecule has 1 unspecified atom stereocenters. The Morgan fingerprint density at radius 2 is 2.44 bits per heavy atom. The Kier molecular flexibility index (Phi) is 5.45. The van der Waals surface area contributed by atoms with Gasteiger partial charge in [-0.25, -0.2) is 9.78 Å². The number of aromatic nitrogens is 2. The van der Waals surface area contributed by atoms with Crippen LogP contribution in [-0.4, -0.2) is 55.0 Å². The number of ether oxygens (including phenoxy) is 1. The Morgan fingerprint density at radius 1 is 1.64 bits per heavy atom.